The van der Waals surface area contributed by atoms with Crippen LogP contribution in [0.2, 0.25) is 0 Å². The standard InChI is InChI=1S/C17H18O2/c1-4-15(13-8-6-5-7-9-13)14-10-11-16(18-2)17(12-14)19-3/h4-12,15H,1H2,2-3H3. The van der Waals surface area contributed by atoms with Crippen LogP contribution >= 0.6 is 0 Å². The molecule has 1 unspecified atom stereocenters. The third kappa shape index (κ3) is 2.79. The van der Waals surface area contributed by atoms with Crippen LogP contribution in [-0.4, -0.2) is 14.2 Å². The molecule has 98 valence electrons. The van der Waals surface area contributed by atoms with Gasteiger partial charge in [-0.15, -0.1) is 6.58 Å². The lowest BCUT2D eigenvalue weighted by molar-refractivity contribution is 0.354. The van der Waals surface area contributed by atoms with Crippen LogP contribution in [0.1, 0.15) is 17.0 Å². The number of ether oxygens (including phenoxy) is 2. The van der Waals surface area contributed by atoms with Gasteiger partial charge in [0.2, 0.25) is 0 Å². The van der Waals surface area contributed by atoms with Gasteiger partial charge < -0.3 is 9.47 Å². The van der Waals surface area contributed by atoms with Crippen molar-refractivity contribution in [2.45, 2.75) is 5.92 Å². The van der Waals surface area contributed by atoms with E-state index in [1.807, 2.05) is 42.5 Å². The summed E-state index contributed by atoms with van der Waals surface area (Å²) in [6.45, 7) is 3.94. The highest BCUT2D eigenvalue weighted by atomic mass is 16.5. The fourth-order valence-electron chi connectivity index (χ4n) is 2.17. The van der Waals surface area contributed by atoms with E-state index in [0.29, 0.717) is 0 Å². The summed E-state index contributed by atoms with van der Waals surface area (Å²) in [5.74, 6) is 1.63. The smallest absolute Gasteiger partial charge is 0.161 e. The summed E-state index contributed by atoms with van der Waals surface area (Å²) < 4.78 is 10.6. The van der Waals surface area contributed by atoms with Crippen LogP contribution in [0.4, 0.5) is 0 Å². The Morgan fingerprint density at radius 2 is 1.58 bits per heavy atom. The van der Waals surface area contributed by atoms with Crippen LogP contribution in [-0.2, 0) is 0 Å². The van der Waals surface area contributed by atoms with E-state index in [9.17, 15) is 0 Å². The second kappa shape index (κ2) is 6.10. The van der Waals surface area contributed by atoms with Crippen LogP contribution in [0.3, 0.4) is 0 Å². The van der Waals surface area contributed by atoms with E-state index in [1.54, 1.807) is 14.2 Å². The second-order valence-electron chi connectivity index (χ2n) is 4.24. The van der Waals surface area contributed by atoms with Gasteiger partial charge >= 0.3 is 0 Å². The Bertz CT molecular complexity index is 546. The van der Waals surface area contributed by atoms with Crippen molar-refractivity contribution in [1.82, 2.24) is 0 Å². The maximum atomic E-state index is 5.35. The second-order valence-corrected chi connectivity index (χ2v) is 4.24. The van der Waals surface area contributed by atoms with Crippen molar-refractivity contribution in [2.24, 2.45) is 0 Å². The molecule has 0 aliphatic carbocycles. The predicted octanol–water partition coefficient (Wildman–Crippen LogP) is 4.02. The molecule has 19 heavy (non-hydrogen) atoms. The van der Waals surface area contributed by atoms with Gasteiger partial charge in [-0.1, -0.05) is 42.5 Å². The monoisotopic (exact) mass is 254 g/mol. The van der Waals surface area contributed by atoms with Crippen LogP contribution < -0.4 is 9.47 Å². The van der Waals surface area contributed by atoms with E-state index in [-0.39, 0.29) is 5.92 Å². The molecule has 0 fully saturated rings. The van der Waals surface area contributed by atoms with Gasteiger partial charge in [0, 0.05) is 5.92 Å². The van der Waals surface area contributed by atoms with Gasteiger partial charge in [0.1, 0.15) is 0 Å². The molecule has 1 atom stereocenters. The molecule has 0 amide bonds. The van der Waals surface area contributed by atoms with Crippen molar-refractivity contribution < 1.29 is 9.47 Å². The topological polar surface area (TPSA) is 18.5 Å². The summed E-state index contributed by atoms with van der Waals surface area (Å²) in [4.78, 5) is 0. The number of hydrogen-bond acceptors (Lipinski definition) is 2. The van der Waals surface area contributed by atoms with Crippen LogP contribution in [0.5, 0.6) is 11.5 Å². The summed E-state index contributed by atoms with van der Waals surface area (Å²) in [5, 5.41) is 0. The Kier molecular flexibility index (Phi) is 4.24. The SMILES string of the molecule is C=CC(c1ccccc1)c1ccc(OC)c(OC)c1. The summed E-state index contributed by atoms with van der Waals surface area (Å²) in [5.41, 5.74) is 2.35. The largest absolute Gasteiger partial charge is 0.493 e. The number of hydrogen-bond donors (Lipinski definition) is 0. The minimum absolute atomic E-state index is 0.154. The van der Waals surface area contributed by atoms with Crippen LogP contribution in [0.15, 0.2) is 61.2 Å². The van der Waals surface area contributed by atoms with E-state index in [2.05, 4.69) is 18.7 Å². The highest BCUT2D eigenvalue weighted by Gasteiger charge is 2.13. The van der Waals surface area contributed by atoms with Crippen molar-refractivity contribution in [3.63, 3.8) is 0 Å². The first-order valence-corrected chi connectivity index (χ1v) is 6.19. The third-order valence-corrected chi connectivity index (χ3v) is 3.16. The molecule has 0 saturated carbocycles. The first-order valence-electron chi connectivity index (χ1n) is 6.19. The average molecular weight is 254 g/mol. The van der Waals surface area contributed by atoms with Crippen LogP contribution in [0, 0.1) is 0 Å². The lowest BCUT2D eigenvalue weighted by Gasteiger charge is -2.16. The Morgan fingerprint density at radius 1 is 0.895 bits per heavy atom. The van der Waals surface area contributed by atoms with E-state index in [4.69, 9.17) is 9.47 Å². The predicted molar refractivity (Wildman–Crippen MR) is 78.0 cm³/mol. The lowest BCUT2D eigenvalue weighted by atomic mass is 9.91. The van der Waals surface area contributed by atoms with Crippen molar-refractivity contribution in [3.05, 3.63) is 72.3 Å². The Morgan fingerprint density at radius 3 is 2.16 bits per heavy atom. The Labute approximate surface area is 114 Å². The number of allylic oxidation sites excluding steroid dienone is 1. The Balaban J connectivity index is 2.42. The van der Waals surface area contributed by atoms with Gasteiger partial charge in [0.15, 0.2) is 11.5 Å². The molecule has 0 spiro atoms. The highest BCUT2D eigenvalue weighted by molar-refractivity contribution is 5.47. The third-order valence-electron chi connectivity index (χ3n) is 3.16. The molecule has 2 aromatic rings. The van der Waals surface area contributed by atoms with Crippen molar-refractivity contribution >= 4 is 0 Å². The minimum Gasteiger partial charge on any atom is -0.493 e. The zero-order valence-corrected chi connectivity index (χ0v) is 11.3. The molecule has 2 aromatic carbocycles. The average Bonchev–Trinajstić information content (AvgIpc) is 2.49. The van der Waals surface area contributed by atoms with E-state index in [0.717, 1.165) is 17.1 Å². The molecular formula is C17H18O2. The zero-order valence-electron chi connectivity index (χ0n) is 11.3. The summed E-state index contributed by atoms with van der Waals surface area (Å²) in [6, 6.07) is 16.2. The molecule has 2 nitrogen and oxygen atoms in total. The van der Waals surface area contributed by atoms with Gasteiger partial charge in [-0.3, -0.25) is 0 Å². The summed E-state index contributed by atoms with van der Waals surface area (Å²) in [7, 11) is 3.28. The fraction of sp³-hybridized carbons (Fsp3) is 0.176. The Hall–Kier alpha value is -2.22. The molecule has 0 aliphatic heterocycles. The molecule has 0 bridgehead atoms. The molecule has 2 rings (SSSR count). The van der Waals surface area contributed by atoms with Gasteiger partial charge in [0.05, 0.1) is 14.2 Å². The zero-order chi connectivity index (χ0) is 13.7. The number of rotatable bonds is 5. The molecule has 0 saturated heterocycles. The maximum absolute atomic E-state index is 5.35. The summed E-state index contributed by atoms with van der Waals surface area (Å²) >= 11 is 0. The van der Waals surface area contributed by atoms with E-state index in [1.165, 1.54) is 5.56 Å². The van der Waals surface area contributed by atoms with E-state index >= 15 is 0 Å². The first-order chi connectivity index (χ1) is 9.30. The fourth-order valence-corrected chi connectivity index (χ4v) is 2.17. The van der Waals surface area contributed by atoms with Gasteiger partial charge in [-0.25, -0.2) is 0 Å². The maximum Gasteiger partial charge on any atom is 0.161 e. The molecule has 0 aromatic heterocycles. The molecule has 0 heterocycles. The normalized spacial score (nSPS) is 11.7. The molecule has 2 heteroatoms. The molecule has 0 aliphatic rings. The first kappa shape index (κ1) is 13.2. The van der Waals surface area contributed by atoms with Gasteiger partial charge in [-0.2, -0.15) is 0 Å². The summed E-state index contributed by atoms with van der Waals surface area (Å²) in [6.07, 6.45) is 1.94. The van der Waals surface area contributed by atoms with E-state index < -0.39 is 0 Å². The number of methoxy groups -OCH3 is 2. The highest BCUT2D eigenvalue weighted by Crippen LogP contribution is 2.33. The van der Waals surface area contributed by atoms with Crippen molar-refractivity contribution in [2.75, 3.05) is 14.2 Å². The van der Waals surface area contributed by atoms with Crippen molar-refractivity contribution in [1.29, 1.82) is 0 Å². The quantitative estimate of drug-likeness (QED) is 0.750. The van der Waals surface area contributed by atoms with Crippen LogP contribution in [0.25, 0.3) is 0 Å². The molecule has 0 N–H and O–H groups in total. The van der Waals surface area contributed by atoms with Crippen molar-refractivity contribution in [3.8, 4) is 11.5 Å². The lowest BCUT2D eigenvalue weighted by Crippen LogP contribution is -1.99. The van der Waals surface area contributed by atoms with Gasteiger partial charge in [-0.05, 0) is 23.3 Å². The number of benzene rings is 2. The van der Waals surface area contributed by atoms with Gasteiger partial charge in [0.25, 0.3) is 0 Å². The molecular weight excluding hydrogens is 236 g/mol. The molecule has 0 radical (unpaired) electrons. The minimum atomic E-state index is 0.154.